The predicted octanol–water partition coefficient (Wildman–Crippen LogP) is 3.79. The van der Waals surface area contributed by atoms with Crippen molar-refractivity contribution in [3.05, 3.63) is 53.6 Å². The van der Waals surface area contributed by atoms with Crippen LogP contribution in [0.2, 0.25) is 0 Å². The molecule has 1 aliphatic heterocycles. The lowest BCUT2D eigenvalue weighted by atomic mass is 9.99. The minimum Gasteiger partial charge on any atom is -0.488 e. The van der Waals surface area contributed by atoms with Gasteiger partial charge in [0.2, 0.25) is 0 Å². The molecule has 0 spiro atoms. The highest BCUT2D eigenvalue weighted by Gasteiger charge is 2.33. The van der Waals surface area contributed by atoms with Crippen molar-refractivity contribution in [1.29, 1.82) is 0 Å². The Kier molecular flexibility index (Phi) is 8.23. The van der Waals surface area contributed by atoms with E-state index in [9.17, 15) is 27.9 Å². The number of carbonyl (C=O) groups excluding carboxylic acids is 2. The number of nitrogens with zero attached hydrogens (tertiary/aromatic N) is 1. The number of anilines is 2. The van der Waals surface area contributed by atoms with E-state index >= 15 is 0 Å². The molecule has 11 heteroatoms. The second-order valence-electron chi connectivity index (χ2n) is 8.55. The molecular formula is C24H29F3N4O4. The summed E-state index contributed by atoms with van der Waals surface area (Å²) >= 11 is 0. The van der Waals surface area contributed by atoms with Crippen LogP contribution in [0.3, 0.4) is 0 Å². The van der Waals surface area contributed by atoms with Gasteiger partial charge in [-0.25, -0.2) is 4.79 Å². The van der Waals surface area contributed by atoms with E-state index in [0.29, 0.717) is 24.5 Å². The third kappa shape index (κ3) is 6.43. The van der Waals surface area contributed by atoms with E-state index < -0.39 is 23.8 Å². The Morgan fingerprint density at radius 1 is 1.17 bits per heavy atom. The van der Waals surface area contributed by atoms with Gasteiger partial charge in [0, 0.05) is 30.4 Å². The number of carbonyl (C=O) groups is 2. The molecule has 3 rings (SSSR count). The average Bonchev–Trinajstić information content (AvgIpc) is 2.81. The van der Waals surface area contributed by atoms with Gasteiger partial charge in [0.25, 0.3) is 5.91 Å². The number of fused-ring (bicyclic) bond motifs is 1. The molecule has 35 heavy (non-hydrogen) atoms. The number of nitrogens with one attached hydrogen (secondary N) is 3. The predicted molar refractivity (Wildman–Crippen MR) is 126 cm³/mol. The fraction of sp³-hybridized carbons (Fsp3) is 0.417. The first-order valence-corrected chi connectivity index (χ1v) is 11.2. The Morgan fingerprint density at radius 3 is 2.40 bits per heavy atom. The number of alkyl halides is 3. The van der Waals surface area contributed by atoms with E-state index in [0.717, 1.165) is 24.3 Å². The molecule has 3 amide bonds. The number of halogens is 3. The first-order chi connectivity index (χ1) is 16.5. The van der Waals surface area contributed by atoms with Crippen LogP contribution in [0, 0.1) is 5.92 Å². The first-order valence-electron chi connectivity index (χ1n) is 11.2. The lowest BCUT2D eigenvalue weighted by molar-refractivity contribution is -0.137. The van der Waals surface area contributed by atoms with Crippen LogP contribution in [0.15, 0.2) is 42.5 Å². The standard InChI is InChI=1S/C24H29F3N4O4/c1-14-12-31(15(2)13-32)22(33)19-10-18(8-9-20(19)35-21(14)11-28-3)30-23(34)29-17-6-4-16(5-7-17)24(25,26)27/h4-10,14-15,21,28,32H,11-13H2,1-3H3,(H2,29,30,34)/t14-,15-,21-/m0/s1. The van der Waals surface area contributed by atoms with Gasteiger partial charge in [-0.3, -0.25) is 4.79 Å². The van der Waals surface area contributed by atoms with Crippen molar-refractivity contribution in [2.24, 2.45) is 5.92 Å². The number of amides is 3. The molecule has 0 fully saturated rings. The fourth-order valence-electron chi connectivity index (χ4n) is 3.78. The van der Waals surface area contributed by atoms with Gasteiger partial charge in [-0.1, -0.05) is 6.92 Å². The van der Waals surface area contributed by atoms with Crippen molar-refractivity contribution in [2.45, 2.75) is 32.2 Å². The summed E-state index contributed by atoms with van der Waals surface area (Å²) in [6, 6.07) is 7.57. The van der Waals surface area contributed by atoms with E-state index in [-0.39, 0.29) is 35.8 Å². The average molecular weight is 495 g/mol. The van der Waals surface area contributed by atoms with Gasteiger partial charge in [-0.05, 0) is 56.4 Å². The summed E-state index contributed by atoms with van der Waals surface area (Å²) in [5.74, 6) is -0.00499. The maximum atomic E-state index is 13.3. The Morgan fingerprint density at radius 2 is 1.80 bits per heavy atom. The number of rotatable bonds is 6. The van der Waals surface area contributed by atoms with Crippen LogP contribution in [-0.4, -0.2) is 60.8 Å². The summed E-state index contributed by atoms with van der Waals surface area (Å²) in [5.41, 5.74) is -0.129. The maximum Gasteiger partial charge on any atom is 0.416 e. The Labute approximate surface area is 201 Å². The van der Waals surface area contributed by atoms with E-state index in [1.807, 2.05) is 6.92 Å². The second-order valence-corrected chi connectivity index (χ2v) is 8.55. The molecule has 0 radical (unpaired) electrons. The Bertz CT molecular complexity index is 1050. The fourth-order valence-corrected chi connectivity index (χ4v) is 3.78. The molecule has 0 saturated carbocycles. The zero-order chi connectivity index (χ0) is 25.8. The number of aliphatic hydroxyl groups excluding tert-OH is 1. The molecule has 190 valence electrons. The normalized spacial score (nSPS) is 19.2. The summed E-state index contributed by atoms with van der Waals surface area (Å²) in [6.45, 7) is 4.43. The lowest BCUT2D eigenvalue weighted by Crippen LogP contribution is -2.49. The number of benzene rings is 2. The lowest BCUT2D eigenvalue weighted by Gasteiger charge is -2.37. The van der Waals surface area contributed by atoms with Gasteiger partial charge in [-0.2, -0.15) is 13.2 Å². The third-order valence-electron chi connectivity index (χ3n) is 5.80. The van der Waals surface area contributed by atoms with Gasteiger partial charge < -0.3 is 30.7 Å². The van der Waals surface area contributed by atoms with Crippen molar-refractivity contribution in [2.75, 3.05) is 37.4 Å². The number of hydrogen-bond acceptors (Lipinski definition) is 5. The molecule has 1 aliphatic rings. The maximum absolute atomic E-state index is 13.3. The molecule has 0 aliphatic carbocycles. The molecule has 2 aromatic carbocycles. The molecule has 0 bridgehead atoms. The highest BCUT2D eigenvalue weighted by molar-refractivity contribution is 6.02. The second kappa shape index (κ2) is 11.0. The van der Waals surface area contributed by atoms with Gasteiger partial charge >= 0.3 is 12.2 Å². The van der Waals surface area contributed by atoms with E-state index in [2.05, 4.69) is 16.0 Å². The molecule has 0 saturated heterocycles. The molecule has 0 unspecified atom stereocenters. The van der Waals surface area contributed by atoms with Crippen molar-refractivity contribution >= 4 is 23.3 Å². The molecular weight excluding hydrogens is 465 g/mol. The van der Waals surface area contributed by atoms with Gasteiger partial charge in [0.15, 0.2) is 0 Å². The Hall–Kier alpha value is -3.31. The summed E-state index contributed by atoms with van der Waals surface area (Å²) in [4.78, 5) is 27.3. The van der Waals surface area contributed by atoms with Gasteiger partial charge in [0.05, 0.1) is 23.8 Å². The SMILES string of the molecule is CNC[C@@H]1Oc2ccc(NC(=O)Nc3ccc(C(F)(F)F)cc3)cc2C(=O)N([C@@H](C)CO)C[C@@H]1C. The van der Waals surface area contributed by atoms with Gasteiger partial charge in [-0.15, -0.1) is 0 Å². The smallest absolute Gasteiger partial charge is 0.416 e. The number of hydrogen-bond donors (Lipinski definition) is 4. The molecule has 8 nitrogen and oxygen atoms in total. The van der Waals surface area contributed by atoms with E-state index in [1.54, 1.807) is 31.0 Å². The number of likely N-dealkylation sites (N-methyl/N-ethyl adjacent to an activating group) is 1. The van der Waals surface area contributed by atoms with Crippen LogP contribution >= 0.6 is 0 Å². The van der Waals surface area contributed by atoms with Crippen molar-refractivity contribution in [1.82, 2.24) is 10.2 Å². The van der Waals surface area contributed by atoms with Crippen LogP contribution in [0.1, 0.15) is 29.8 Å². The van der Waals surface area contributed by atoms with Crippen LogP contribution in [0.5, 0.6) is 5.75 Å². The van der Waals surface area contributed by atoms with E-state index in [1.165, 1.54) is 6.07 Å². The molecule has 4 N–H and O–H groups in total. The minimum absolute atomic E-state index is 0.0131. The zero-order valence-corrected chi connectivity index (χ0v) is 19.6. The molecule has 1 heterocycles. The number of ether oxygens (including phenoxy) is 1. The summed E-state index contributed by atoms with van der Waals surface area (Å²) < 4.78 is 44.3. The Balaban J connectivity index is 1.82. The van der Waals surface area contributed by atoms with Crippen molar-refractivity contribution in [3.8, 4) is 5.75 Å². The molecule has 2 aromatic rings. The topological polar surface area (TPSA) is 103 Å². The molecule has 0 aromatic heterocycles. The molecule has 3 atom stereocenters. The van der Waals surface area contributed by atoms with Gasteiger partial charge in [0.1, 0.15) is 11.9 Å². The largest absolute Gasteiger partial charge is 0.488 e. The van der Waals surface area contributed by atoms with E-state index in [4.69, 9.17) is 4.74 Å². The summed E-state index contributed by atoms with van der Waals surface area (Å²) in [6.07, 6.45) is -4.70. The summed E-state index contributed by atoms with van der Waals surface area (Å²) in [7, 11) is 1.80. The quantitative estimate of drug-likeness (QED) is 0.490. The summed E-state index contributed by atoms with van der Waals surface area (Å²) in [5, 5.41) is 17.8. The third-order valence-corrected chi connectivity index (χ3v) is 5.80. The van der Waals surface area contributed by atoms with Crippen molar-refractivity contribution in [3.63, 3.8) is 0 Å². The zero-order valence-electron chi connectivity index (χ0n) is 19.6. The van der Waals surface area contributed by atoms with Crippen LogP contribution in [-0.2, 0) is 6.18 Å². The number of urea groups is 1. The van der Waals surface area contributed by atoms with Crippen LogP contribution < -0.4 is 20.7 Å². The minimum atomic E-state index is -4.47. The monoisotopic (exact) mass is 494 g/mol. The first kappa shape index (κ1) is 26.3. The highest BCUT2D eigenvalue weighted by Crippen LogP contribution is 2.31. The van der Waals surface area contributed by atoms with Crippen LogP contribution in [0.4, 0.5) is 29.3 Å². The van der Waals surface area contributed by atoms with Crippen molar-refractivity contribution < 1.29 is 32.6 Å². The highest BCUT2D eigenvalue weighted by atomic mass is 19.4. The number of aliphatic hydroxyl groups is 1. The van der Waals surface area contributed by atoms with Crippen LogP contribution in [0.25, 0.3) is 0 Å².